The van der Waals surface area contributed by atoms with Crippen molar-refractivity contribution >= 4 is 5.69 Å². The first kappa shape index (κ1) is 10.9. The number of aryl methyl sites for hydroxylation is 1. The molecular weight excluding hydrogens is 174 g/mol. The quantitative estimate of drug-likeness (QED) is 0.696. The van der Waals surface area contributed by atoms with Crippen molar-refractivity contribution in [1.82, 2.24) is 0 Å². The summed E-state index contributed by atoms with van der Waals surface area (Å²) in [6.07, 6.45) is 0. The number of benzene rings is 1. The summed E-state index contributed by atoms with van der Waals surface area (Å²) in [5.74, 6) is 0.773. The maximum Gasteiger partial charge on any atom is 0.142 e. The third-order valence-corrected chi connectivity index (χ3v) is 2.31. The minimum absolute atomic E-state index is 0.0589. The fourth-order valence-corrected chi connectivity index (χ4v) is 1.55. The summed E-state index contributed by atoms with van der Waals surface area (Å²) in [5.41, 5.74) is 9.17. The fourth-order valence-electron chi connectivity index (χ4n) is 1.55. The summed E-state index contributed by atoms with van der Waals surface area (Å²) in [6.45, 7) is 8.50. The molecule has 0 atom stereocenters. The van der Waals surface area contributed by atoms with E-state index >= 15 is 0 Å². The van der Waals surface area contributed by atoms with Crippen molar-refractivity contribution < 1.29 is 4.74 Å². The second-order valence-corrected chi connectivity index (χ2v) is 4.68. The SMILES string of the molecule is COc1cc(C)cc(C(C)(C)C)c1N. The Kier molecular flexibility index (Phi) is 2.74. The van der Waals surface area contributed by atoms with Gasteiger partial charge in [0.1, 0.15) is 5.75 Å². The molecule has 0 aliphatic carbocycles. The van der Waals surface area contributed by atoms with E-state index in [1.54, 1.807) is 7.11 Å². The normalized spacial score (nSPS) is 11.5. The van der Waals surface area contributed by atoms with Gasteiger partial charge in [0, 0.05) is 0 Å². The number of nitrogens with two attached hydrogens (primary N) is 1. The van der Waals surface area contributed by atoms with Crippen molar-refractivity contribution in [3.05, 3.63) is 23.3 Å². The molecule has 14 heavy (non-hydrogen) atoms. The molecule has 2 N–H and O–H groups in total. The van der Waals surface area contributed by atoms with Crippen LogP contribution in [0.15, 0.2) is 12.1 Å². The molecule has 0 aliphatic rings. The summed E-state index contributed by atoms with van der Waals surface area (Å²) in [6, 6.07) is 4.09. The highest BCUT2D eigenvalue weighted by molar-refractivity contribution is 5.62. The molecule has 0 saturated carbocycles. The van der Waals surface area contributed by atoms with E-state index in [4.69, 9.17) is 10.5 Å². The lowest BCUT2D eigenvalue weighted by Crippen LogP contribution is -2.14. The van der Waals surface area contributed by atoms with Gasteiger partial charge >= 0.3 is 0 Å². The Morgan fingerprint density at radius 3 is 2.21 bits per heavy atom. The summed E-state index contributed by atoms with van der Waals surface area (Å²) >= 11 is 0. The molecule has 0 bridgehead atoms. The Bertz CT molecular complexity index is 337. The Morgan fingerprint density at radius 2 is 1.79 bits per heavy atom. The van der Waals surface area contributed by atoms with Gasteiger partial charge in [0.05, 0.1) is 12.8 Å². The van der Waals surface area contributed by atoms with E-state index in [1.165, 1.54) is 5.56 Å². The van der Waals surface area contributed by atoms with Gasteiger partial charge in [-0.15, -0.1) is 0 Å². The van der Waals surface area contributed by atoms with Crippen LogP contribution in [0.3, 0.4) is 0 Å². The zero-order valence-electron chi connectivity index (χ0n) is 9.64. The number of hydrogen-bond donors (Lipinski definition) is 1. The lowest BCUT2D eigenvalue weighted by molar-refractivity contribution is 0.415. The summed E-state index contributed by atoms with van der Waals surface area (Å²) in [5, 5.41) is 0. The van der Waals surface area contributed by atoms with Crippen LogP contribution in [0.5, 0.6) is 5.75 Å². The van der Waals surface area contributed by atoms with Crippen LogP contribution < -0.4 is 10.5 Å². The zero-order chi connectivity index (χ0) is 10.9. The van der Waals surface area contributed by atoms with E-state index in [1.807, 2.05) is 6.07 Å². The van der Waals surface area contributed by atoms with E-state index in [9.17, 15) is 0 Å². The molecule has 0 spiro atoms. The van der Waals surface area contributed by atoms with E-state index in [-0.39, 0.29) is 5.41 Å². The average molecular weight is 193 g/mol. The molecule has 78 valence electrons. The second-order valence-electron chi connectivity index (χ2n) is 4.68. The summed E-state index contributed by atoms with van der Waals surface area (Å²) in [7, 11) is 1.65. The molecule has 0 aromatic heterocycles. The van der Waals surface area contributed by atoms with Crippen LogP contribution in [0.4, 0.5) is 5.69 Å². The van der Waals surface area contributed by atoms with Gasteiger partial charge in [0.25, 0.3) is 0 Å². The predicted octanol–water partition coefficient (Wildman–Crippen LogP) is 2.88. The molecule has 0 heterocycles. The van der Waals surface area contributed by atoms with Crippen molar-refractivity contribution in [2.75, 3.05) is 12.8 Å². The molecule has 0 unspecified atom stereocenters. The molecule has 1 rings (SSSR count). The first-order chi connectivity index (χ1) is 6.36. The van der Waals surface area contributed by atoms with E-state index in [0.717, 1.165) is 17.0 Å². The number of hydrogen-bond acceptors (Lipinski definition) is 2. The third-order valence-electron chi connectivity index (χ3n) is 2.31. The predicted molar refractivity (Wildman–Crippen MR) is 60.8 cm³/mol. The van der Waals surface area contributed by atoms with Crippen molar-refractivity contribution in [2.45, 2.75) is 33.1 Å². The third kappa shape index (κ3) is 2.00. The Morgan fingerprint density at radius 1 is 1.21 bits per heavy atom. The first-order valence-corrected chi connectivity index (χ1v) is 4.81. The van der Waals surface area contributed by atoms with Gasteiger partial charge in [-0.2, -0.15) is 0 Å². The summed E-state index contributed by atoms with van der Waals surface area (Å²) in [4.78, 5) is 0. The van der Waals surface area contributed by atoms with Gasteiger partial charge in [-0.25, -0.2) is 0 Å². The zero-order valence-corrected chi connectivity index (χ0v) is 9.64. The number of anilines is 1. The maximum absolute atomic E-state index is 6.02. The van der Waals surface area contributed by atoms with Crippen LogP contribution in [-0.2, 0) is 5.41 Å². The Labute approximate surface area is 86.1 Å². The lowest BCUT2D eigenvalue weighted by atomic mass is 9.85. The number of rotatable bonds is 1. The van der Waals surface area contributed by atoms with Crippen LogP contribution in [0.2, 0.25) is 0 Å². The number of nitrogen functional groups attached to an aromatic ring is 1. The van der Waals surface area contributed by atoms with Crippen LogP contribution in [0.1, 0.15) is 31.9 Å². The minimum Gasteiger partial charge on any atom is -0.495 e. The van der Waals surface area contributed by atoms with Gasteiger partial charge in [-0.1, -0.05) is 26.8 Å². The molecule has 2 nitrogen and oxygen atoms in total. The van der Waals surface area contributed by atoms with Crippen LogP contribution in [0.25, 0.3) is 0 Å². The highest BCUT2D eigenvalue weighted by Gasteiger charge is 2.19. The number of ether oxygens (including phenoxy) is 1. The molecule has 0 aliphatic heterocycles. The fraction of sp³-hybridized carbons (Fsp3) is 0.500. The van der Waals surface area contributed by atoms with E-state index in [0.29, 0.717) is 0 Å². The molecule has 2 heteroatoms. The van der Waals surface area contributed by atoms with Crippen LogP contribution >= 0.6 is 0 Å². The molecule has 0 amide bonds. The van der Waals surface area contributed by atoms with Gasteiger partial charge < -0.3 is 10.5 Å². The van der Waals surface area contributed by atoms with Gasteiger partial charge in [-0.05, 0) is 29.5 Å². The monoisotopic (exact) mass is 193 g/mol. The van der Waals surface area contributed by atoms with Crippen molar-refractivity contribution in [3.8, 4) is 5.75 Å². The Balaban J connectivity index is 3.37. The topological polar surface area (TPSA) is 35.2 Å². The molecule has 0 radical (unpaired) electrons. The smallest absolute Gasteiger partial charge is 0.142 e. The van der Waals surface area contributed by atoms with Crippen molar-refractivity contribution in [3.63, 3.8) is 0 Å². The van der Waals surface area contributed by atoms with Gasteiger partial charge in [0.15, 0.2) is 0 Å². The van der Waals surface area contributed by atoms with Crippen LogP contribution in [0, 0.1) is 6.92 Å². The molecule has 1 aromatic carbocycles. The van der Waals surface area contributed by atoms with Gasteiger partial charge in [-0.3, -0.25) is 0 Å². The highest BCUT2D eigenvalue weighted by atomic mass is 16.5. The van der Waals surface area contributed by atoms with Gasteiger partial charge in [0.2, 0.25) is 0 Å². The van der Waals surface area contributed by atoms with Crippen LogP contribution in [-0.4, -0.2) is 7.11 Å². The standard InChI is InChI=1S/C12H19NO/c1-8-6-9(12(2,3)4)11(13)10(7-8)14-5/h6-7H,13H2,1-5H3. The minimum atomic E-state index is 0.0589. The highest BCUT2D eigenvalue weighted by Crippen LogP contribution is 2.35. The van der Waals surface area contributed by atoms with Crippen molar-refractivity contribution in [1.29, 1.82) is 0 Å². The molecule has 1 aromatic rings. The first-order valence-electron chi connectivity index (χ1n) is 4.81. The molecule has 0 saturated heterocycles. The molecular formula is C12H19NO. The lowest BCUT2D eigenvalue weighted by Gasteiger charge is -2.23. The van der Waals surface area contributed by atoms with E-state index < -0.39 is 0 Å². The van der Waals surface area contributed by atoms with Crippen molar-refractivity contribution in [2.24, 2.45) is 0 Å². The second kappa shape index (κ2) is 3.52. The summed E-state index contributed by atoms with van der Waals surface area (Å²) < 4.78 is 5.24. The number of methoxy groups -OCH3 is 1. The Hall–Kier alpha value is -1.18. The molecule has 0 fully saturated rings. The average Bonchev–Trinajstić information content (AvgIpc) is 2.06. The largest absolute Gasteiger partial charge is 0.495 e. The van der Waals surface area contributed by atoms with E-state index in [2.05, 4.69) is 33.8 Å². The maximum atomic E-state index is 6.02.